The van der Waals surface area contributed by atoms with Crippen molar-refractivity contribution in [3.8, 4) is 0 Å². The van der Waals surface area contributed by atoms with E-state index in [2.05, 4.69) is 10.6 Å². The average molecular weight is 539 g/mol. The zero-order chi connectivity index (χ0) is 29.2. The summed E-state index contributed by atoms with van der Waals surface area (Å²) >= 11 is 0. The summed E-state index contributed by atoms with van der Waals surface area (Å²) in [6, 6.07) is 12.4. The van der Waals surface area contributed by atoms with Crippen LogP contribution in [0.2, 0.25) is 0 Å². The van der Waals surface area contributed by atoms with E-state index in [1.807, 2.05) is 63.2 Å². The molecule has 2 unspecified atom stereocenters. The number of aryl methyl sites for hydroxylation is 2. The van der Waals surface area contributed by atoms with Crippen molar-refractivity contribution >= 4 is 29.5 Å². The predicted molar refractivity (Wildman–Crippen MR) is 152 cm³/mol. The van der Waals surface area contributed by atoms with E-state index in [-0.39, 0.29) is 6.54 Å². The van der Waals surface area contributed by atoms with Crippen molar-refractivity contribution in [1.29, 1.82) is 0 Å². The Morgan fingerprint density at radius 2 is 1.56 bits per heavy atom. The van der Waals surface area contributed by atoms with Crippen LogP contribution in [-0.4, -0.2) is 46.9 Å². The van der Waals surface area contributed by atoms with E-state index in [4.69, 9.17) is 10.5 Å². The quantitative estimate of drug-likeness (QED) is 0.335. The average Bonchev–Trinajstić information content (AvgIpc) is 2.83. The number of hydrogen-bond donors (Lipinski definition) is 3. The van der Waals surface area contributed by atoms with Gasteiger partial charge in [0.25, 0.3) is 5.91 Å². The first-order valence-electron chi connectivity index (χ1n) is 13.3. The second-order valence-electron chi connectivity index (χ2n) is 10.7. The monoisotopic (exact) mass is 538 g/mol. The van der Waals surface area contributed by atoms with Crippen LogP contribution in [0.5, 0.6) is 0 Å². The van der Waals surface area contributed by atoms with Crippen LogP contribution in [0, 0.1) is 13.8 Å². The number of unbranched alkanes of at least 4 members (excludes halogenated alkanes) is 2. The van der Waals surface area contributed by atoms with Gasteiger partial charge in [-0.2, -0.15) is 0 Å². The van der Waals surface area contributed by atoms with E-state index >= 15 is 0 Å². The first-order chi connectivity index (χ1) is 18.3. The highest BCUT2D eigenvalue weighted by molar-refractivity contribution is 6.00. The van der Waals surface area contributed by atoms with E-state index in [0.29, 0.717) is 17.7 Å². The van der Waals surface area contributed by atoms with Gasteiger partial charge in [-0.1, -0.05) is 62.2 Å². The summed E-state index contributed by atoms with van der Waals surface area (Å²) in [5, 5.41) is 5.49. The summed E-state index contributed by atoms with van der Waals surface area (Å²) in [5.74, 6) is -1.77. The Hall–Kier alpha value is -3.88. The summed E-state index contributed by atoms with van der Waals surface area (Å²) in [4.78, 5) is 54.0. The van der Waals surface area contributed by atoms with Gasteiger partial charge in [-0.3, -0.25) is 14.4 Å². The zero-order valence-corrected chi connectivity index (χ0v) is 23.9. The largest absolute Gasteiger partial charge is 0.444 e. The molecule has 0 aliphatic heterocycles. The maximum absolute atomic E-state index is 14.1. The second kappa shape index (κ2) is 14.3. The third-order valence-electron chi connectivity index (χ3n) is 6.13. The molecule has 0 aromatic heterocycles. The predicted octanol–water partition coefficient (Wildman–Crippen LogP) is 4.77. The number of nitrogens with zero attached hydrogens (tertiary/aromatic N) is 1. The molecular weight excluding hydrogens is 496 g/mol. The summed E-state index contributed by atoms with van der Waals surface area (Å²) in [6.45, 7) is 11.1. The van der Waals surface area contributed by atoms with Crippen molar-refractivity contribution in [2.45, 2.75) is 84.9 Å². The number of rotatable bonds is 12. The Kier molecular flexibility index (Phi) is 11.5. The molecule has 0 saturated carbocycles. The molecule has 9 nitrogen and oxygen atoms in total. The third-order valence-corrected chi connectivity index (χ3v) is 6.13. The van der Waals surface area contributed by atoms with E-state index in [1.54, 1.807) is 26.8 Å². The van der Waals surface area contributed by atoms with E-state index in [1.165, 1.54) is 4.90 Å². The molecule has 4 amide bonds. The van der Waals surface area contributed by atoms with Gasteiger partial charge in [0.05, 0.1) is 6.42 Å². The minimum atomic E-state index is -1.31. The van der Waals surface area contributed by atoms with Crippen LogP contribution in [0.4, 0.5) is 10.5 Å². The van der Waals surface area contributed by atoms with Gasteiger partial charge >= 0.3 is 6.09 Å². The summed E-state index contributed by atoms with van der Waals surface area (Å²) in [6.07, 6.45) is 1.05. The molecule has 0 heterocycles. The second-order valence-corrected chi connectivity index (χ2v) is 10.7. The highest BCUT2D eigenvalue weighted by atomic mass is 16.6. The number of anilines is 1. The fraction of sp³-hybridized carbons (Fsp3) is 0.467. The van der Waals surface area contributed by atoms with Crippen LogP contribution >= 0.6 is 0 Å². The number of nitrogens with two attached hydrogens (primary N) is 1. The summed E-state index contributed by atoms with van der Waals surface area (Å²) in [7, 11) is 0. The molecule has 2 atom stereocenters. The summed E-state index contributed by atoms with van der Waals surface area (Å²) < 4.78 is 5.33. The minimum absolute atomic E-state index is 0.234. The number of carbonyl (C=O) groups is 4. The molecule has 0 fully saturated rings. The van der Waals surface area contributed by atoms with Crippen molar-refractivity contribution in [3.63, 3.8) is 0 Å². The molecule has 2 aromatic carbocycles. The molecule has 9 heteroatoms. The topological polar surface area (TPSA) is 131 Å². The van der Waals surface area contributed by atoms with Crippen molar-refractivity contribution in [2.24, 2.45) is 5.73 Å². The molecule has 0 aliphatic rings. The first-order valence-corrected chi connectivity index (χ1v) is 13.3. The van der Waals surface area contributed by atoms with E-state index in [0.717, 1.165) is 24.0 Å². The number of benzene rings is 2. The SMILES string of the molecule is CCCCCN(C(=O)C(CC(N)=O)NC(=O)OC(C)(C)C)C(C(=O)Nc1ccccc1C)c1ccccc1C. The molecule has 4 N–H and O–H groups in total. The molecule has 2 aromatic rings. The number of para-hydroxylation sites is 1. The van der Waals surface area contributed by atoms with Gasteiger partial charge in [0.2, 0.25) is 11.8 Å². The van der Waals surface area contributed by atoms with Gasteiger partial charge in [-0.05, 0) is 63.8 Å². The minimum Gasteiger partial charge on any atom is -0.444 e. The number of ether oxygens (including phenoxy) is 1. The van der Waals surface area contributed by atoms with Crippen LogP contribution in [0.3, 0.4) is 0 Å². The van der Waals surface area contributed by atoms with Crippen LogP contribution in [0.25, 0.3) is 0 Å². The van der Waals surface area contributed by atoms with Crippen LogP contribution in [0.15, 0.2) is 48.5 Å². The number of alkyl carbamates (subject to hydrolysis) is 1. The number of nitrogens with one attached hydrogen (secondary N) is 2. The van der Waals surface area contributed by atoms with Crippen LogP contribution in [-0.2, 0) is 19.1 Å². The Balaban J connectivity index is 2.56. The number of hydrogen-bond acceptors (Lipinski definition) is 5. The Bertz CT molecular complexity index is 1160. The third kappa shape index (κ3) is 9.74. The lowest BCUT2D eigenvalue weighted by Gasteiger charge is -2.35. The van der Waals surface area contributed by atoms with E-state index < -0.39 is 47.9 Å². The molecule has 212 valence electrons. The summed E-state index contributed by atoms with van der Waals surface area (Å²) in [5.41, 5.74) is 7.61. The van der Waals surface area contributed by atoms with Gasteiger partial charge in [0.15, 0.2) is 0 Å². The zero-order valence-electron chi connectivity index (χ0n) is 23.9. The van der Waals surface area contributed by atoms with Gasteiger partial charge in [0.1, 0.15) is 17.7 Å². The molecule has 0 bridgehead atoms. The van der Waals surface area contributed by atoms with Gasteiger partial charge < -0.3 is 26.0 Å². The number of carbonyl (C=O) groups excluding carboxylic acids is 4. The Morgan fingerprint density at radius 1 is 0.949 bits per heavy atom. The van der Waals surface area contributed by atoms with Crippen molar-refractivity contribution in [2.75, 3.05) is 11.9 Å². The molecule has 0 saturated heterocycles. The molecule has 2 rings (SSSR count). The Labute approximate surface area is 231 Å². The van der Waals surface area contributed by atoms with Crippen molar-refractivity contribution in [3.05, 3.63) is 65.2 Å². The van der Waals surface area contributed by atoms with Gasteiger partial charge in [0, 0.05) is 12.2 Å². The fourth-order valence-corrected chi connectivity index (χ4v) is 4.21. The normalized spacial score (nSPS) is 12.7. The van der Waals surface area contributed by atoms with Crippen LogP contribution in [0.1, 0.15) is 76.1 Å². The molecule has 0 spiro atoms. The lowest BCUT2D eigenvalue weighted by molar-refractivity contribution is -0.142. The number of amides is 4. The maximum atomic E-state index is 14.1. The highest BCUT2D eigenvalue weighted by Gasteiger charge is 2.37. The maximum Gasteiger partial charge on any atom is 0.408 e. The van der Waals surface area contributed by atoms with Gasteiger partial charge in [-0.25, -0.2) is 4.79 Å². The Morgan fingerprint density at radius 3 is 2.13 bits per heavy atom. The van der Waals surface area contributed by atoms with Crippen LogP contribution < -0.4 is 16.4 Å². The number of primary amides is 1. The lowest BCUT2D eigenvalue weighted by atomic mass is 9.97. The van der Waals surface area contributed by atoms with Crippen molar-refractivity contribution < 1.29 is 23.9 Å². The lowest BCUT2D eigenvalue weighted by Crippen LogP contribution is -2.53. The first kappa shape index (κ1) is 31.3. The van der Waals surface area contributed by atoms with Gasteiger partial charge in [-0.15, -0.1) is 0 Å². The molecule has 0 aliphatic carbocycles. The van der Waals surface area contributed by atoms with Crippen molar-refractivity contribution in [1.82, 2.24) is 10.2 Å². The molecular formula is C30H42N4O5. The fourth-order valence-electron chi connectivity index (χ4n) is 4.21. The van der Waals surface area contributed by atoms with E-state index in [9.17, 15) is 19.2 Å². The smallest absolute Gasteiger partial charge is 0.408 e. The standard InChI is InChI=1S/C30H42N4O5/c1-7-8-13-18-34(28(37)24(19-25(31)35)33-29(38)39-30(4,5)6)26(22-16-11-9-14-20(22)2)27(36)32-23-17-12-10-15-21(23)3/h9-12,14-17,24,26H,7-8,13,18-19H2,1-6H3,(H2,31,35)(H,32,36)(H,33,38). The highest BCUT2D eigenvalue weighted by Crippen LogP contribution is 2.28. The molecule has 0 radical (unpaired) electrons. The molecule has 39 heavy (non-hydrogen) atoms.